The van der Waals surface area contributed by atoms with E-state index >= 15 is 0 Å². The molecule has 3 nitrogen and oxygen atoms in total. The van der Waals surface area contributed by atoms with Crippen molar-refractivity contribution < 1.29 is 14.4 Å². The zero-order valence-electron chi connectivity index (χ0n) is 1.80. The first-order valence-corrected chi connectivity index (χ1v) is 1.95. The molecule has 0 amide bonds. The molecular formula is H6K3O3P. The van der Waals surface area contributed by atoms with Gasteiger partial charge in [0.25, 0.3) is 0 Å². The summed E-state index contributed by atoms with van der Waals surface area (Å²) in [5.41, 5.74) is 0. The fourth-order valence-corrected chi connectivity index (χ4v) is 0. The van der Waals surface area contributed by atoms with Crippen LogP contribution < -0.4 is 0 Å². The Kier molecular flexibility index (Phi) is 55.9. The minimum atomic E-state index is -3.13. The SMILES string of the molecule is O=[PH](O)O.[KH].[KH].[KH]. The van der Waals surface area contributed by atoms with Crippen LogP contribution >= 0.6 is 8.25 Å². The van der Waals surface area contributed by atoms with Gasteiger partial charge in [-0.05, 0) is 0 Å². The molecule has 0 rings (SSSR count). The van der Waals surface area contributed by atoms with Gasteiger partial charge in [-0.25, -0.2) is 0 Å². The molecule has 0 aromatic heterocycles. The molecule has 7 heavy (non-hydrogen) atoms. The summed E-state index contributed by atoms with van der Waals surface area (Å²) in [4.78, 5) is 14.3. The average Bonchev–Trinajstić information content (AvgIpc) is 0.811. The Labute approximate surface area is 171 Å². The van der Waals surface area contributed by atoms with Crippen molar-refractivity contribution in [2.75, 3.05) is 0 Å². The van der Waals surface area contributed by atoms with Crippen molar-refractivity contribution >= 4 is 162 Å². The summed E-state index contributed by atoms with van der Waals surface area (Å²) < 4.78 is 8.74. The molecule has 0 spiro atoms. The Morgan fingerprint density at radius 1 is 1.00 bits per heavy atom. The zero-order valence-corrected chi connectivity index (χ0v) is 2.80. The van der Waals surface area contributed by atoms with E-state index in [1.807, 2.05) is 0 Å². The van der Waals surface area contributed by atoms with Crippen LogP contribution in [0.5, 0.6) is 0 Å². The first-order valence-electron chi connectivity index (χ1n) is 0.651. The van der Waals surface area contributed by atoms with Crippen LogP contribution in [0.15, 0.2) is 0 Å². The van der Waals surface area contributed by atoms with Gasteiger partial charge in [-0.3, -0.25) is 4.57 Å². The van der Waals surface area contributed by atoms with Crippen LogP contribution in [0.25, 0.3) is 0 Å². The quantitative estimate of drug-likeness (QED) is 0.335. The van der Waals surface area contributed by atoms with Gasteiger partial charge < -0.3 is 9.79 Å². The molecule has 0 bridgehead atoms. The van der Waals surface area contributed by atoms with E-state index in [2.05, 4.69) is 0 Å². The van der Waals surface area contributed by atoms with Gasteiger partial charge in [-0.1, -0.05) is 0 Å². The molecule has 0 saturated carbocycles. The van der Waals surface area contributed by atoms with Gasteiger partial charge >= 0.3 is 162 Å². The molecule has 0 radical (unpaired) electrons. The van der Waals surface area contributed by atoms with Crippen molar-refractivity contribution in [3.05, 3.63) is 0 Å². The van der Waals surface area contributed by atoms with Gasteiger partial charge in [0.15, 0.2) is 0 Å². The molecule has 0 unspecified atom stereocenters. The van der Waals surface area contributed by atoms with Gasteiger partial charge in [0.1, 0.15) is 0 Å². The first-order chi connectivity index (χ1) is 1.73. The van der Waals surface area contributed by atoms with Crippen molar-refractivity contribution in [1.29, 1.82) is 0 Å². The molecule has 0 fully saturated rings. The summed E-state index contributed by atoms with van der Waals surface area (Å²) in [5.74, 6) is 0. The van der Waals surface area contributed by atoms with Crippen molar-refractivity contribution in [1.82, 2.24) is 0 Å². The first kappa shape index (κ1) is 22.7. The molecule has 0 heterocycles. The summed E-state index contributed by atoms with van der Waals surface area (Å²) in [7, 11) is -3.13. The molecule has 0 saturated heterocycles. The summed E-state index contributed by atoms with van der Waals surface area (Å²) in [6.07, 6.45) is 0. The van der Waals surface area contributed by atoms with E-state index < -0.39 is 8.25 Å². The normalized spacial score (nSPS) is 5.00. The van der Waals surface area contributed by atoms with Crippen molar-refractivity contribution in [3.63, 3.8) is 0 Å². The van der Waals surface area contributed by atoms with Crippen molar-refractivity contribution in [2.24, 2.45) is 0 Å². The second kappa shape index (κ2) is 17.2. The third-order valence-electron chi connectivity index (χ3n) is 0. The van der Waals surface area contributed by atoms with Crippen LogP contribution in [0.3, 0.4) is 0 Å². The molecular weight excluding hydrogens is 196 g/mol. The van der Waals surface area contributed by atoms with Gasteiger partial charge in [-0.2, -0.15) is 0 Å². The summed E-state index contributed by atoms with van der Waals surface area (Å²) in [6.45, 7) is 0. The molecule has 0 atom stereocenters. The molecule has 0 aliphatic heterocycles. The predicted molar refractivity (Wildman–Crippen MR) is 34.9 cm³/mol. The Bertz CT molecular complexity index is 33.2. The zero-order chi connectivity index (χ0) is 3.58. The monoisotopic (exact) mass is 202 g/mol. The van der Waals surface area contributed by atoms with Gasteiger partial charge in [0.05, 0.1) is 0 Å². The Hall–Kier alpha value is 5.06. The molecule has 2 N–H and O–H groups in total. The van der Waals surface area contributed by atoms with Crippen molar-refractivity contribution in [3.8, 4) is 0 Å². The fourth-order valence-electron chi connectivity index (χ4n) is 0. The van der Waals surface area contributed by atoms with Crippen LogP contribution in [-0.2, 0) is 4.57 Å². The van der Waals surface area contributed by atoms with Crippen LogP contribution in [0.2, 0.25) is 0 Å². The average molecular weight is 202 g/mol. The maximum atomic E-state index is 8.74. The molecule has 32 valence electrons. The maximum absolute atomic E-state index is 8.74. The van der Waals surface area contributed by atoms with E-state index in [4.69, 9.17) is 14.4 Å². The Balaban J connectivity index is -0.0000000150. The van der Waals surface area contributed by atoms with Crippen LogP contribution in [-0.4, -0.2) is 164 Å². The third kappa shape index (κ3) is 35.5. The topological polar surface area (TPSA) is 57.5 Å². The van der Waals surface area contributed by atoms with E-state index in [9.17, 15) is 0 Å². The molecule has 7 heteroatoms. The minimum absolute atomic E-state index is 0. The summed E-state index contributed by atoms with van der Waals surface area (Å²) in [6, 6.07) is 0. The van der Waals surface area contributed by atoms with Crippen LogP contribution in [0.4, 0.5) is 0 Å². The summed E-state index contributed by atoms with van der Waals surface area (Å²) >= 11 is 0. The Morgan fingerprint density at radius 2 is 1.00 bits per heavy atom. The number of rotatable bonds is 0. The fraction of sp³-hybridized carbons (Fsp3) is 0. The van der Waals surface area contributed by atoms with Gasteiger partial charge in [0.2, 0.25) is 0 Å². The summed E-state index contributed by atoms with van der Waals surface area (Å²) in [5, 5.41) is 0. The molecule has 0 aromatic rings. The van der Waals surface area contributed by atoms with Crippen molar-refractivity contribution in [2.45, 2.75) is 0 Å². The van der Waals surface area contributed by atoms with Crippen LogP contribution in [0.1, 0.15) is 0 Å². The standard InChI is InChI=1S/3K.H3O3P.3H/c;;;1-4(2)3;;;/h;;;4H,(H2,1,2,3);;;. The molecule has 0 aromatic carbocycles. The second-order valence-corrected chi connectivity index (χ2v) is 0.848. The number of hydrogen-bond acceptors (Lipinski definition) is 1. The van der Waals surface area contributed by atoms with E-state index in [0.29, 0.717) is 0 Å². The number of hydrogen-bond donors (Lipinski definition) is 2. The van der Waals surface area contributed by atoms with Crippen LogP contribution in [0, 0.1) is 0 Å². The van der Waals surface area contributed by atoms with Gasteiger partial charge in [-0.15, -0.1) is 0 Å². The second-order valence-electron chi connectivity index (χ2n) is 0.283. The Morgan fingerprint density at radius 3 is 1.00 bits per heavy atom. The van der Waals surface area contributed by atoms with E-state index in [-0.39, 0.29) is 154 Å². The van der Waals surface area contributed by atoms with E-state index in [0.717, 1.165) is 0 Å². The van der Waals surface area contributed by atoms with E-state index in [1.54, 1.807) is 0 Å². The van der Waals surface area contributed by atoms with Gasteiger partial charge in [0, 0.05) is 0 Å². The van der Waals surface area contributed by atoms with E-state index in [1.165, 1.54) is 0 Å². The third-order valence-corrected chi connectivity index (χ3v) is 0. The molecule has 0 aliphatic rings. The predicted octanol–water partition coefficient (Wildman–Crippen LogP) is -2.58. The molecule has 0 aliphatic carbocycles.